The van der Waals surface area contributed by atoms with Crippen LogP contribution in [0.1, 0.15) is 10.5 Å². The van der Waals surface area contributed by atoms with Crippen LogP contribution >= 0.6 is 0 Å². The summed E-state index contributed by atoms with van der Waals surface area (Å²) < 4.78 is 0. The number of nitrogens with zero attached hydrogens (tertiary/aromatic N) is 2. The van der Waals surface area contributed by atoms with Crippen LogP contribution in [0.25, 0.3) is 0 Å². The van der Waals surface area contributed by atoms with E-state index in [9.17, 15) is 4.79 Å². The number of hydrogen-bond acceptors (Lipinski definition) is 4. The van der Waals surface area contributed by atoms with Crippen LogP contribution in [0.15, 0.2) is 18.3 Å². The molecule has 5 nitrogen and oxygen atoms in total. The number of nitrogen functional groups attached to an aromatic ring is 1. The van der Waals surface area contributed by atoms with Gasteiger partial charge in [-0.3, -0.25) is 9.63 Å². The zero-order valence-electron chi connectivity index (χ0n) is 7.52. The van der Waals surface area contributed by atoms with E-state index in [1.807, 2.05) is 0 Å². The molecule has 70 valence electrons. The molecule has 0 unspecified atom stereocenters. The largest absolute Gasteiger partial charge is 0.397 e. The maximum atomic E-state index is 11.4. The number of anilines is 1. The molecule has 0 atom stereocenters. The van der Waals surface area contributed by atoms with E-state index in [1.54, 1.807) is 12.1 Å². The molecule has 1 rings (SSSR count). The molecule has 13 heavy (non-hydrogen) atoms. The summed E-state index contributed by atoms with van der Waals surface area (Å²) in [4.78, 5) is 19.9. The predicted octanol–water partition coefficient (Wildman–Crippen LogP) is 0.297. The average molecular weight is 181 g/mol. The molecule has 0 bridgehead atoms. The molecule has 0 aliphatic carbocycles. The third-order valence-electron chi connectivity index (χ3n) is 1.57. The molecule has 0 radical (unpaired) electrons. The molecule has 1 aromatic rings. The SMILES string of the molecule is CON(C)C(=O)c1ccc(N)cn1. The van der Waals surface area contributed by atoms with Gasteiger partial charge in [-0.05, 0) is 12.1 Å². The van der Waals surface area contributed by atoms with Gasteiger partial charge in [0.25, 0.3) is 5.91 Å². The van der Waals surface area contributed by atoms with Crippen molar-refractivity contribution in [2.75, 3.05) is 19.9 Å². The first-order chi connectivity index (χ1) is 6.15. The van der Waals surface area contributed by atoms with Crippen LogP contribution in [0.4, 0.5) is 5.69 Å². The van der Waals surface area contributed by atoms with Gasteiger partial charge in [0.15, 0.2) is 0 Å². The molecule has 0 fully saturated rings. The van der Waals surface area contributed by atoms with Gasteiger partial charge in [0.1, 0.15) is 5.69 Å². The van der Waals surface area contributed by atoms with Crippen molar-refractivity contribution in [3.63, 3.8) is 0 Å². The van der Waals surface area contributed by atoms with Gasteiger partial charge in [0, 0.05) is 7.05 Å². The lowest BCUT2D eigenvalue weighted by Gasteiger charge is -2.12. The molecule has 0 spiro atoms. The summed E-state index contributed by atoms with van der Waals surface area (Å²) in [5, 5.41) is 1.10. The van der Waals surface area contributed by atoms with Crippen LogP contribution in [0, 0.1) is 0 Å². The molecular weight excluding hydrogens is 170 g/mol. The van der Waals surface area contributed by atoms with E-state index in [4.69, 9.17) is 10.6 Å². The topological polar surface area (TPSA) is 68.5 Å². The summed E-state index contributed by atoms with van der Waals surface area (Å²) in [6.45, 7) is 0. The summed E-state index contributed by atoms with van der Waals surface area (Å²) in [5.41, 5.74) is 6.25. The maximum absolute atomic E-state index is 11.4. The quantitative estimate of drug-likeness (QED) is 0.666. The van der Waals surface area contributed by atoms with Crippen LogP contribution in [-0.4, -0.2) is 30.1 Å². The van der Waals surface area contributed by atoms with Crippen molar-refractivity contribution in [1.29, 1.82) is 0 Å². The molecule has 0 aliphatic rings. The second-order valence-electron chi connectivity index (χ2n) is 2.46. The number of carbonyl (C=O) groups excluding carboxylic acids is 1. The minimum absolute atomic E-state index is 0.303. The Hall–Kier alpha value is -1.62. The fraction of sp³-hybridized carbons (Fsp3) is 0.250. The number of pyridine rings is 1. The van der Waals surface area contributed by atoms with Gasteiger partial charge in [-0.25, -0.2) is 10.0 Å². The number of hydroxylamine groups is 2. The van der Waals surface area contributed by atoms with E-state index in [1.165, 1.54) is 20.4 Å². The number of hydrogen-bond donors (Lipinski definition) is 1. The monoisotopic (exact) mass is 181 g/mol. The molecule has 0 aliphatic heterocycles. The highest BCUT2D eigenvalue weighted by atomic mass is 16.7. The van der Waals surface area contributed by atoms with Crippen LogP contribution in [0.2, 0.25) is 0 Å². The third kappa shape index (κ3) is 2.16. The predicted molar refractivity (Wildman–Crippen MR) is 47.8 cm³/mol. The molecule has 1 aromatic heterocycles. The Morgan fingerprint density at radius 2 is 2.31 bits per heavy atom. The molecule has 1 amide bonds. The van der Waals surface area contributed by atoms with Crippen molar-refractivity contribution in [2.45, 2.75) is 0 Å². The first-order valence-corrected chi connectivity index (χ1v) is 3.69. The summed E-state index contributed by atoms with van der Waals surface area (Å²) in [5.74, 6) is -0.303. The number of rotatable bonds is 2. The number of nitrogens with two attached hydrogens (primary N) is 1. The van der Waals surface area contributed by atoms with Crippen molar-refractivity contribution in [3.8, 4) is 0 Å². The van der Waals surface area contributed by atoms with Crippen LogP contribution in [0.3, 0.4) is 0 Å². The lowest BCUT2D eigenvalue weighted by atomic mass is 10.3. The third-order valence-corrected chi connectivity index (χ3v) is 1.57. The van der Waals surface area contributed by atoms with Crippen molar-refractivity contribution in [2.24, 2.45) is 0 Å². The fourth-order valence-corrected chi connectivity index (χ4v) is 0.776. The lowest BCUT2D eigenvalue weighted by Crippen LogP contribution is -2.26. The molecule has 0 saturated heterocycles. The highest BCUT2D eigenvalue weighted by Gasteiger charge is 2.11. The van der Waals surface area contributed by atoms with Gasteiger partial charge in [0.2, 0.25) is 0 Å². The summed E-state index contributed by atoms with van der Waals surface area (Å²) in [6.07, 6.45) is 1.43. The van der Waals surface area contributed by atoms with Gasteiger partial charge < -0.3 is 5.73 Å². The molecule has 0 aromatic carbocycles. The summed E-state index contributed by atoms with van der Waals surface area (Å²) in [6, 6.07) is 3.16. The van der Waals surface area contributed by atoms with E-state index < -0.39 is 0 Å². The van der Waals surface area contributed by atoms with Crippen molar-refractivity contribution in [3.05, 3.63) is 24.0 Å². The Morgan fingerprint density at radius 1 is 1.62 bits per heavy atom. The Kier molecular flexibility index (Phi) is 2.81. The lowest BCUT2D eigenvalue weighted by molar-refractivity contribution is -0.0760. The van der Waals surface area contributed by atoms with E-state index in [0.29, 0.717) is 11.4 Å². The molecule has 1 heterocycles. The fourth-order valence-electron chi connectivity index (χ4n) is 0.776. The summed E-state index contributed by atoms with van der Waals surface area (Å²) in [7, 11) is 2.93. The van der Waals surface area contributed by atoms with E-state index in [-0.39, 0.29) is 5.91 Å². The first-order valence-electron chi connectivity index (χ1n) is 3.69. The molecular formula is C8H11N3O2. The van der Waals surface area contributed by atoms with E-state index in [0.717, 1.165) is 5.06 Å². The van der Waals surface area contributed by atoms with Gasteiger partial charge in [-0.15, -0.1) is 0 Å². The molecule has 5 heteroatoms. The standard InChI is InChI=1S/C8H11N3O2/c1-11(13-2)8(12)7-4-3-6(9)5-10-7/h3-5H,9H2,1-2H3. The van der Waals surface area contributed by atoms with Gasteiger partial charge in [0.05, 0.1) is 19.0 Å². The van der Waals surface area contributed by atoms with Gasteiger partial charge >= 0.3 is 0 Å². The van der Waals surface area contributed by atoms with Crippen molar-refractivity contribution >= 4 is 11.6 Å². The molecule has 0 saturated carbocycles. The van der Waals surface area contributed by atoms with Crippen molar-refractivity contribution in [1.82, 2.24) is 10.0 Å². The van der Waals surface area contributed by atoms with Crippen LogP contribution in [-0.2, 0) is 4.84 Å². The Bertz CT molecular complexity index is 297. The smallest absolute Gasteiger partial charge is 0.295 e. The van der Waals surface area contributed by atoms with Gasteiger partial charge in [-0.1, -0.05) is 0 Å². The highest BCUT2D eigenvalue weighted by molar-refractivity contribution is 5.91. The van der Waals surface area contributed by atoms with Crippen LogP contribution < -0.4 is 5.73 Å². The first kappa shape index (κ1) is 9.47. The van der Waals surface area contributed by atoms with Crippen LogP contribution in [0.5, 0.6) is 0 Å². The second kappa shape index (κ2) is 3.86. The Balaban J connectivity index is 2.83. The zero-order chi connectivity index (χ0) is 9.84. The average Bonchev–Trinajstić information content (AvgIpc) is 2.17. The Morgan fingerprint density at radius 3 is 2.77 bits per heavy atom. The highest BCUT2D eigenvalue weighted by Crippen LogP contribution is 2.03. The van der Waals surface area contributed by atoms with E-state index >= 15 is 0 Å². The van der Waals surface area contributed by atoms with E-state index in [2.05, 4.69) is 4.98 Å². The maximum Gasteiger partial charge on any atom is 0.295 e. The normalized spacial score (nSPS) is 9.69. The zero-order valence-corrected chi connectivity index (χ0v) is 7.52. The number of amides is 1. The second-order valence-corrected chi connectivity index (χ2v) is 2.46. The minimum Gasteiger partial charge on any atom is -0.397 e. The van der Waals surface area contributed by atoms with Gasteiger partial charge in [-0.2, -0.15) is 0 Å². The Labute approximate surface area is 76.1 Å². The number of aromatic nitrogens is 1. The van der Waals surface area contributed by atoms with Crippen molar-refractivity contribution < 1.29 is 9.63 Å². The number of carbonyl (C=O) groups is 1. The molecule has 2 N–H and O–H groups in total. The summed E-state index contributed by atoms with van der Waals surface area (Å²) >= 11 is 0. The minimum atomic E-state index is -0.303.